The van der Waals surface area contributed by atoms with E-state index in [1.54, 1.807) is 0 Å². The maximum atomic E-state index is 9.25. The molecule has 0 unspecified atom stereocenters. The van der Waals surface area contributed by atoms with Gasteiger partial charge in [-0.3, -0.25) is 0 Å². The van der Waals surface area contributed by atoms with Crippen LogP contribution in [-0.2, 0) is 4.79 Å². The molecule has 106 valence electrons. The summed E-state index contributed by atoms with van der Waals surface area (Å²) in [5.41, 5.74) is 0. The van der Waals surface area contributed by atoms with Crippen molar-refractivity contribution in [2.24, 2.45) is 0 Å². The Hall–Kier alpha value is -0.910. The van der Waals surface area contributed by atoms with E-state index in [1.807, 2.05) is 59.0 Å². The van der Waals surface area contributed by atoms with Gasteiger partial charge in [-0.2, -0.15) is 0 Å². The monoisotopic (exact) mass is 250 g/mol. The van der Waals surface area contributed by atoms with Crippen LogP contribution in [0.4, 0.5) is 0 Å². The average molecular weight is 250 g/mol. The van der Waals surface area contributed by atoms with Gasteiger partial charge >= 0.3 is 5.97 Å². The molecule has 0 saturated heterocycles. The van der Waals surface area contributed by atoms with E-state index in [0.717, 1.165) is 12.5 Å². The zero-order chi connectivity index (χ0) is 14.9. The number of hydrogen-bond acceptors (Lipinski definition) is 4. The van der Waals surface area contributed by atoms with Crippen LogP contribution in [0.2, 0.25) is 0 Å². The van der Waals surface area contributed by atoms with Crippen molar-refractivity contribution in [3.63, 3.8) is 0 Å². The van der Waals surface area contributed by atoms with Gasteiger partial charge in [0.15, 0.2) is 0 Å². The number of rotatable bonds is 2. The molecule has 0 spiro atoms. The summed E-state index contributed by atoms with van der Waals surface area (Å²) in [6.07, 6.45) is 1.71. The third kappa shape index (κ3) is 592. The highest BCUT2D eigenvalue weighted by molar-refractivity contribution is 5.78. The minimum Gasteiger partial charge on any atom is -0.478 e. The van der Waals surface area contributed by atoms with E-state index < -0.39 is 5.97 Å². The van der Waals surface area contributed by atoms with Crippen molar-refractivity contribution >= 4 is 5.97 Å². The molecule has 0 aromatic heterocycles. The lowest BCUT2D eigenvalue weighted by Gasteiger charge is -1.90. The van der Waals surface area contributed by atoms with Gasteiger partial charge in [-0.1, -0.05) is 13.5 Å². The van der Waals surface area contributed by atoms with Crippen LogP contribution in [0.5, 0.6) is 0 Å². The highest BCUT2D eigenvalue weighted by Crippen LogP contribution is 1.61. The van der Waals surface area contributed by atoms with Gasteiger partial charge in [0, 0.05) is 12.7 Å². The van der Waals surface area contributed by atoms with E-state index in [4.69, 9.17) is 10.2 Å². The molecule has 0 aromatic carbocycles. The number of hydrogen-bond donors (Lipinski definition) is 2. The lowest BCUT2D eigenvalue weighted by atomic mass is 10.5. The molecule has 0 fully saturated rings. The standard InChI is InChI=1S/2C3H9N.C3H4O2.C3H8O/c2*1-4(2)3;1-2-3(4)5;1-2-3-4/h2*1-3H3;2H,1H2,(H,4,5);4H,2-3H2,1H3. The molecule has 0 saturated carbocycles. The van der Waals surface area contributed by atoms with E-state index in [1.165, 1.54) is 0 Å². The van der Waals surface area contributed by atoms with Crippen LogP contribution < -0.4 is 0 Å². The number of nitrogens with zero attached hydrogens (tertiary/aromatic N) is 2. The summed E-state index contributed by atoms with van der Waals surface area (Å²) in [6, 6.07) is 0. The Morgan fingerprint density at radius 2 is 1.24 bits per heavy atom. The van der Waals surface area contributed by atoms with E-state index >= 15 is 0 Å². The molecule has 0 heterocycles. The van der Waals surface area contributed by atoms with Crippen LogP contribution in [0.25, 0.3) is 0 Å². The molecule has 0 radical (unpaired) electrons. The van der Waals surface area contributed by atoms with Crippen LogP contribution in [0.15, 0.2) is 12.7 Å². The second-order valence-electron chi connectivity index (χ2n) is 3.95. The van der Waals surface area contributed by atoms with Crippen LogP contribution >= 0.6 is 0 Å². The summed E-state index contributed by atoms with van der Waals surface area (Å²) in [4.78, 5) is 13.2. The fourth-order valence-corrected chi connectivity index (χ4v) is 0. The lowest BCUT2D eigenvalue weighted by Crippen LogP contribution is -1.99. The van der Waals surface area contributed by atoms with Crippen molar-refractivity contribution in [2.45, 2.75) is 13.3 Å². The normalized spacial score (nSPS) is 7.88. The predicted octanol–water partition coefficient (Wildman–Crippen LogP) is 1.00. The Morgan fingerprint density at radius 1 is 1.12 bits per heavy atom. The van der Waals surface area contributed by atoms with Crippen molar-refractivity contribution in [3.8, 4) is 0 Å². The number of carboxylic acid groups (broad SMARTS) is 1. The Bertz CT molecular complexity index is 135. The number of aliphatic hydroxyl groups excluding tert-OH is 1. The van der Waals surface area contributed by atoms with Crippen molar-refractivity contribution in [1.29, 1.82) is 0 Å². The molecule has 17 heavy (non-hydrogen) atoms. The van der Waals surface area contributed by atoms with Gasteiger partial charge in [0.25, 0.3) is 0 Å². The van der Waals surface area contributed by atoms with Gasteiger partial charge < -0.3 is 20.0 Å². The largest absolute Gasteiger partial charge is 0.478 e. The average Bonchev–Trinajstić information content (AvgIpc) is 2.16. The molecule has 0 aliphatic carbocycles. The smallest absolute Gasteiger partial charge is 0.327 e. The zero-order valence-corrected chi connectivity index (χ0v) is 12.4. The second-order valence-corrected chi connectivity index (χ2v) is 3.95. The van der Waals surface area contributed by atoms with E-state index in [9.17, 15) is 4.79 Å². The number of carbonyl (C=O) groups is 1. The first-order chi connectivity index (χ1) is 7.65. The molecule has 0 aliphatic rings. The fourth-order valence-electron chi connectivity index (χ4n) is 0. The Morgan fingerprint density at radius 3 is 1.24 bits per heavy atom. The molecule has 0 amide bonds. The highest BCUT2D eigenvalue weighted by Gasteiger charge is 1.73. The first-order valence-corrected chi connectivity index (χ1v) is 5.33. The first-order valence-electron chi connectivity index (χ1n) is 5.33. The molecule has 0 aliphatic heterocycles. The van der Waals surface area contributed by atoms with Gasteiger partial charge in [0.2, 0.25) is 0 Å². The second kappa shape index (κ2) is 24.4. The number of aliphatic hydroxyl groups is 1. The van der Waals surface area contributed by atoms with Crippen LogP contribution in [0.1, 0.15) is 13.3 Å². The Balaban J connectivity index is -0.0000000667. The molecule has 0 aromatic rings. The summed E-state index contributed by atoms with van der Waals surface area (Å²) >= 11 is 0. The summed E-state index contributed by atoms with van der Waals surface area (Å²) < 4.78 is 0. The van der Waals surface area contributed by atoms with Crippen molar-refractivity contribution in [3.05, 3.63) is 12.7 Å². The molecule has 2 N–H and O–H groups in total. The predicted molar refractivity (Wildman–Crippen MR) is 74.4 cm³/mol. The molecular weight excluding hydrogens is 220 g/mol. The van der Waals surface area contributed by atoms with Gasteiger partial charge in [-0.15, -0.1) is 0 Å². The van der Waals surface area contributed by atoms with Gasteiger partial charge in [0.05, 0.1) is 0 Å². The maximum absolute atomic E-state index is 9.25. The third-order valence-electron chi connectivity index (χ3n) is 0.398. The molecule has 0 atom stereocenters. The summed E-state index contributed by atoms with van der Waals surface area (Å²) in [5, 5.41) is 15.5. The number of aliphatic carboxylic acids is 1. The van der Waals surface area contributed by atoms with Gasteiger partial charge in [-0.05, 0) is 48.7 Å². The Kier molecular flexibility index (Phi) is 35.9. The quantitative estimate of drug-likeness (QED) is 0.716. The minimum absolute atomic E-state index is 0.319. The van der Waals surface area contributed by atoms with Gasteiger partial charge in [-0.25, -0.2) is 4.79 Å². The van der Waals surface area contributed by atoms with Crippen molar-refractivity contribution < 1.29 is 15.0 Å². The van der Waals surface area contributed by atoms with E-state index in [-0.39, 0.29) is 0 Å². The molecule has 5 nitrogen and oxygen atoms in total. The van der Waals surface area contributed by atoms with Gasteiger partial charge in [0.1, 0.15) is 0 Å². The highest BCUT2D eigenvalue weighted by atomic mass is 16.4. The van der Waals surface area contributed by atoms with E-state index in [2.05, 4.69) is 6.58 Å². The van der Waals surface area contributed by atoms with E-state index in [0.29, 0.717) is 6.61 Å². The summed E-state index contributed by atoms with van der Waals surface area (Å²) in [7, 11) is 12.0. The summed E-state index contributed by atoms with van der Waals surface area (Å²) in [6.45, 7) is 5.21. The van der Waals surface area contributed by atoms with Crippen molar-refractivity contribution in [1.82, 2.24) is 9.80 Å². The lowest BCUT2D eigenvalue weighted by molar-refractivity contribution is -0.131. The van der Waals surface area contributed by atoms with Crippen LogP contribution in [0.3, 0.4) is 0 Å². The Labute approximate surface area is 106 Å². The minimum atomic E-state index is -0.981. The maximum Gasteiger partial charge on any atom is 0.327 e. The fraction of sp³-hybridized carbons (Fsp3) is 0.750. The topological polar surface area (TPSA) is 64.0 Å². The number of carboxylic acids is 1. The van der Waals surface area contributed by atoms with Crippen LogP contribution in [0, 0.1) is 0 Å². The summed E-state index contributed by atoms with van der Waals surface area (Å²) in [5.74, 6) is -0.981. The first kappa shape index (κ1) is 25.1. The van der Waals surface area contributed by atoms with Crippen LogP contribution in [-0.4, -0.2) is 74.9 Å². The molecule has 0 bridgehead atoms. The SMILES string of the molecule is C=CC(=O)O.CCCO.CN(C)C.CN(C)C. The van der Waals surface area contributed by atoms with Crippen molar-refractivity contribution in [2.75, 3.05) is 48.9 Å². The molecular formula is C12H30N2O3. The zero-order valence-electron chi connectivity index (χ0n) is 12.4. The molecule has 0 rings (SSSR count). The third-order valence-corrected chi connectivity index (χ3v) is 0.398. The molecule has 5 heteroatoms.